The summed E-state index contributed by atoms with van der Waals surface area (Å²) in [6.07, 6.45) is 0.177. The molecular weight excluding hydrogens is 345 g/mol. The van der Waals surface area contributed by atoms with Gasteiger partial charge in [0.05, 0.1) is 11.7 Å². The zero-order valence-electron chi connectivity index (χ0n) is 10.3. The van der Waals surface area contributed by atoms with Gasteiger partial charge in [0.15, 0.2) is 0 Å². The van der Waals surface area contributed by atoms with Crippen LogP contribution < -0.4 is 5.32 Å². The Labute approximate surface area is 120 Å². The maximum atomic E-state index is 12.1. The van der Waals surface area contributed by atoms with Crippen molar-refractivity contribution < 1.29 is 15.0 Å². The molecule has 1 aromatic rings. The van der Waals surface area contributed by atoms with Crippen LogP contribution in [-0.2, 0) is 0 Å². The van der Waals surface area contributed by atoms with Gasteiger partial charge in [-0.05, 0) is 47.2 Å². The standard InChI is InChI=1S/C13H16INO3/c1-13(2)10(6-11(13)17)15-12(18)8-5-7(14)3-4-9(8)16/h3-5,10-11,16-17H,6H2,1-2H3,(H,15,18). The second kappa shape index (κ2) is 4.70. The summed E-state index contributed by atoms with van der Waals surface area (Å²) in [5.41, 5.74) is -0.0354. The topological polar surface area (TPSA) is 69.6 Å². The van der Waals surface area contributed by atoms with Gasteiger partial charge in [0.25, 0.3) is 5.91 Å². The number of phenolic OH excluding ortho intramolecular Hbond substituents is 1. The minimum Gasteiger partial charge on any atom is -0.507 e. The highest BCUT2D eigenvalue weighted by Gasteiger charge is 2.48. The third kappa shape index (κ3) is 2.33. The van der Waals surface area contributed by atoms with Crippen LogP contribution in [0.4, 0.5) is 0 Å². The first kappa shape index (κ1) is 13.6. The lowest BCUT2D eigenvalue weighted by atomic mass is 9.64. The second-order valence-corrected chi connectivity index (χ2v) is 6.51. The maximum Gasteiger partial charge on any atom is 0.255 e. The molecule has 0 heterocycles. The SMILES string of the molecule is CC1(C)C(O)CC1NC(=O)c1cc(I)ccc1O. The van der Waals surface area contributed by atoms with E-state index in [0.29, 0.717) is 6.42 Å². The van der Waals surface area contributed by atoms with Crippen molar-refractivity contribution >= 4 is 28.5 Å². The summed E-state index contributed by atoms with van der Waals surface area (Å²) < 4.78 is 0.892. The van der Waals surface area contributed by atoms with Crippen LogP contribution in [0.3, 0.4) is 0 Å². The predicted molar refractivity (Wildman–Crippen MR) is 76.5 cm³/mol. The first-order valence-corrected chi connectivity index (χ1v) is 6.87. The average Bonchev–Trinajstić information content (AvgIpc) is 2.31. The zero-order chi connectivity index (χ0) is 13.5. The van der Waals surface area contributed by atoms with Gasteiger partial charge in [0.1, 0.15) is 5.75 Å². The normalized spacial score (nSPS) is 25.3. The van der Waals surface area contributed by atoms with Crippen molar-refractivity contribution in [3.63, 3.8) is 0 Å². The lowest BCUT2D eigenvalue weighted by Gasteiger charge is -2.49. The molecule has 2 unspecified atom stereocenters. The summed E-state index contributed by atoms with van der Waals surface area (Å²) >= 11 is 2.09. The van der Waals surface area contributed by atoms with E-state index in [9.17, 15) is 15.0 Å². The lowest BCUT2D eigenvalue weighted by Crippen LogP contribution is -2.61. The Bertz CT molecular complexity index is 487. The van der Waals surface area contributed by atoms with E-state index in [-0.39, 0.29) is 34.8 Å². The van der Waals surface area contributed by atoms with Crippen molar-refractivity contribution in [1.29, 1.82) is 0 Å². The third-order valence-corrected chi connectivity index (χ3v) is 4.40. The second-order valence-electron chi connectivity index (χ2n) is 5.26. The van der Waals surface area contributed by atoms with Crippen LogP contribution >= 0.6 is 22.6 Å². The van der Waals surface area contributed by atoms with Crippen LogP contribution in [0.2, 0.25) is 0 Å². The van der Waals surface area contributed by atoms with Gasteiger partial charge in [-0.15, -0.1) is 0 Å². The quantitative estimate of drug-likeness (QED) is 0.705. The molecule has 0 aromatic heterocycles. The fourth-order valence-corrected chi connectivity index (χ4v) is 2.56. The van der Waals surface area contributed by atoms with E-state index >= 15 is 0 Å². The first-order valence-electron chi connectivity index (χ1n) is 5.80. The van der Waals surface area contributed by atoms with Crippen LogP contribution in [0.5, 0.6) is 5.75 Å². The maximum absolute atomic E-state index is 12.1. The largest absolute Gasteiger partial charge is 0.507 e. The molecular formula is C13H16INO3. The Hall–Kier alpha value is -0.820. The van der Waals surface area contributed by atoms with Crippen LogP contribution in [-0.4, -0.2) is 28.3 Å². The van der Waals surface area contributed by atoms with E-state index in [1.54, 1.807) is 12.1 Å². The molecule has 0 bridgehead atoms. The van der Waals surface area contributed by atoms with Crippen LogP contribution in [0, 0.1) is 8.99 Å². The number of halogens is 1. The van der Waals surface area contributed by atoms with E-state index in [2.05, 4.69) is 27.9 Å². The highest BCUT2D eigenvalue weighted by atomic mass is 127. The molecule has 1 amide bonds. The van der Waals surface area contributed by atoms with Crippen molar-refractivity contribution in [1.82, 2.24) is 5.32 Å². The van der Waals surface area contributed by atoms with Crippen molar-refractivity contribution in [2.24, 2.45) is 5.41 Å². The Morgan fingerprint density at radius 2 is 2.17 bits per heavy atom. The fourth-order valence-electron chi connectivity index (χ4n) is 2.07. The number of hydrogen-bond donors (Lipinski definition) is 3. The molecule has 0 saturated heterocycles. The number of nitrogens with one attached hydrogen (secondary N) is 1. The number of carbonyl (C=O) groups excluding carboxylic acids is 1. The van der Waals surface area contributed by atoms with E-state index in [4.69, 9.17) is 0 Å². The molecule has 0 radical (unpaired) electrons. The molecule has 98 valence electrons. The van der Waals surface area contributed by atoms with Gasteiger partial charge >= 0.3 is 0 Å². The molecule has 1 aliphatic rings. The summed E-state index contributed by atoms with van der Waals surface area (Å²) in [6.45, 7) is 3.83. The lowest BCUT2D eigenvalue weighted by molar-refractivity contribution is -0.0689. The van der Waals surface area contributed by atoms with Crippen LogP contribution in [0.25, 0.3) is 0 Å². The van der Waals surface area contributed by atoms with Gasteiger partial charge in [-0.3, -0.25) is 4.79 Å². The smallest absolute Gasteiger partial charge is 0.255 e. The molecule has 3 N–H and O–H groups in total. The Balaban J connectivity index is 2.12. The molecule has 1 fully saturated rings. The summed E-state index contributed by atoms with van der Waals surface area (Å²) in [4.78, 5) is 12.1. The van der Waals surface area contributed by atoms with Gasteiger partial charge < -0.3 is 15.5 Å². The van der Waals surface area contributed by atoms with Gasteiger partial charge in [-0.25, -0.2) is 0 Å². The highest BCUT2D eigenvalue weighted by molar-refractivity contribution is 14.1. The van der Waals surface area contributed by atoms with Gasteiger partial charge in [0.2, 0.25) is 0 Å². The number of aromatic hydroxyl groups is 1. The van der Waals surface area contributed by atoms with Crippen LogP contribution in [0.15, 0.2) is 18.2 Å². The van der Waals surface area contributed by atoms with Crippen LogP contribution in [0.1, 0.15) is 30.6 Å². The zero-order valence-corrected chi connectivity index (χ0v) is 12.4. The third-order valence-electron chi connectivity index (χ3n) is 3.72. The Morgan fingerprint density at radius 3 is 2.72 bits per heavy atom. The molecule has 1 saturated carbocycles. The van der Waals surface area contributed by atoms with E-state index in [1.165, 1.54) is 6.07 Å². The molecule has 1 aliphatic carbocycles. The monoisotopic (exact) mass is 361 g/mol. The number of aliphatic hydroxyl groups is 1. The first-order chi connectivity index (χ1) is 8.32. The number of aliphatic hydroxyl groups excluding tert-OH is 1. The van der Waals surface area contributed by atoms with E-state index in [0.717, 1.165) is 3.57 Å². The van der Waals surface area contributed by atoms with Crippen molar-refractivity contribution in [3.8, 4) is 5.75 Å². The number of benzene rings is 1. The molecule has 5 heteroatoms. The van der Waals surface area contributed by atoms with Crippen molar-refractivity contribution in [2.45, 2.75) is 32.4 Å². The molecule has 0 aliphatic heterocycles. The molecule has 0 spiro atoms. The van der Waals surface area contributed by atoms with Crippen molar-refractivity contribution in [3.05, 3.63) is 27.3 Å². The summed E-state index contributed by atoms with van der Waals surface area (Å²) in [6, 6.07) is 4.84. The van der Waals surface area contributed by atoms with E-state index < -0.39 is 0 Å². The van der Waals surface area contributed by atoms with Gasteiger partial charge in [-0.2, -0.15) is 0 Å². The molecule has 1 aromatic carbocycles. The summed E-state index contributed by atoms with van der Waals surface area (Å²) in [7, 11) is 0. The molecule has 18 heavy (non-hydrogen) atoms. The average molecular weight is 361 g/mol. The Kier molecular flexibility index (Phi) is 3.55. The molecule has 2 rings (SSSR count). The number of rotatable bonds is 2. The molecule has 4 nitrogen and oxygen atoms in total. The Morgan fingerprint density at radius 1 is 1.50 bits per heavy atom. The number of phenols is 1. The summed E-state index contributed by atoms with van der Waals surface area (Å²) in [5, 5.41) is 22.2. The predicted octanol–water partition coefficient (Wildman–Crippen LogP) is 1.89. The number of amides is 1. The highest BCUT2D eigenvalue weighted by Crippen LogP contribution is 2.40. The van der Waals surface area contributed by atoms with Gasteiger partial charge in [0, 0.05) is 15.0 Å². The summed E-state index contributed by atoms with van der Waals surface area (Å²) in [5.74, 6) is -0.318. The number of hydrogen-bond acceptors (Lipinski definition) is 3. The van der Waals surface area contributed by atoms with E-state index in [1.807, 2.05) is 13.8 Å². The van der Waals surface area contributed by atoms with Gasteiger partial charge in [-0.1, -0.05) is 13.8 Å². The number of carbonyl (C=O) groups is 1. The fraction of sp³-hybridized carbons (Fsp3) is 0.462. The minimum atomic E-state index is -0.382. The van der Waals surface area contributed by atoms with Crippen molar-refractivity contribution in [2.75, 3.05) is 0 Å². The minimum absolute atomic E-state index is 0.0226. The molecule has 2 atom stereocenters.